The van der Waals surface area contributed by atoms with Crippen molar-refractivity contribution in [2.75, 3.05) is 13.2 Å². The molecule has 3 rings (SSSR count). The lowest BCUT2D eigenvalue weighted by molar-refractivity contribution is 0.198. The number of hydrogen-bond acceptors (Lipinski definition) is 5. The second kappa shape index (κ2) is 6.89. The fraction of sp³-hybridized carbons (Fsp3) is 0.438. The second-order valence-electron chi connectivity index (χ2n) is 5.51. The molecule has 0 radical (unpaired) electrons. The zero-order chi connectivity index (χ0) is 15.4. The minimum atomic E-state index is -3.15. The van der Waals surface area contributed by atoms with Gasteiger partial charge in [-0.15, -0.1) is 11.3 Å². The average molecular weight is 337 g/mol. The largest absolute Gasteiger partial charge is 0.380 e. The van der Waals surface area contributed by atoms with Crippen molar-refractivity contribution in [1.82, 2.24) is 4.98 Å². The van der Waals surface area contributed by atoms with E-state index in [0.717, 1.165) is 17.8 Å². The molecule has 1 atom stereocenters. The van der Waals surface area contributed by atoms with E-state index in [9.17, 15) is 8.42 Å². The highest BCUT2D eigenvalue weighted by Gasteiger charge is 2.30. The van der Waals surface area contributed by atoms with E-state index in [-0.39, 0.29) is 11.0 Å². The number of aryl methyl sites for hydroxylation is 2. The summed E-state index contributed by atoms with van der Waals surface area (Å²) in [6, 6.07) is 10.2. The van der Waals surface area contributed by atoms with Crippen molar-refractivity contribution in [2.45, 2.75) is 30.3 Å². The molecule has 118 valence electrons. The molecule has 1 fully saturated rings. The first-order valence-electron chi connectivity index (χ1n) is 7.40. The highest BCUT2D eigenvalue weighted by Crippen LogP contribution is 2.20. The van der Waals surface area contributed by atoms with Gasteiger partial charge in [0, 0.05) is 18.4 Å². The van der Waals surface area contributed by atoms with Crippen molar-refractivity contribution >= 4 is 21.2 Å². The molecule has 1 aromatic heterocycles. The van der Waals surface area contributed by atoms with Crippen molar-refractivity contribution < 1.29 is 13.2 Å². The number of thiazole rings is 1. The number of rotatable bonds is 6. The summed E-state index contributed by atoms with van der Waals surface area (Å²) >= 11 is 1.55. The van der Waals surface area contributed by atoms with E-state index in [1.807, 2.05) is 23.6 Å². The van der Waals surface area contributed by atoms with Crippen molar-refractivity contribution in [3.8, 4) is 0 Å². The van der Waals surface area contributed by atoms with E-state index in [1.54, 1.807) is 11.3 Å². The van der Waals surface area contributed by atoms with Crippen LogP contribution in [0.4, 0.5) is 0 Å². The summed E-state index contributed by atoms with van der Waals surface area (Å²) in [5.41, 5.74) is 1.94. The maximum absolute atomic E-state index is 12.3. The monoisotopic (exact) mass is 337 g/mol. The van der Waals surface area contributed by atoms with Gasteiger partial charge in [-0.1, -0.05) is 30.3 Å². The van der Waals surface area contributed by atoms with Crippen molar-refractivity contribution in [1.29, 1.82) is 0 Å². The van der Waals surface area contributed by atoms with E-state index >= 15 is 0 Å². The van der Waals surface area contributed by atoms with Crippen LogP contribution in [0.5, 0.6) is 0 Å². The molecule has 0 amide bonds. The van der Waals surface area contributed by atoms with E-state index in [0.29, 0.717) is 25.3 Å². The zero-order valence-corrected chi connectivity index (χ0v) is 13.9. The van der Waals surface area contributed by atoms with Gasteiger partial charge in [0.05, 0.1) is 28.3 Å². The lowest BCUT2D eigenvalue weighted by atomic mass is 10.1. The molecule has 2 heterocycles. The number of benzene rings is 1. The van der Waals surface area contributed by atoms with Crippen LogP contribution in [-0.4, -0.2) is 31.9 Å². The van der Waals surface area contributed by atoms with Crippen LogP contribution in [0.2, 0.25) is 0 Å². The van der Waals surface area contributed by atoms with E-state index in [2.05, 4.69) is 17.1 Å². The normalized spacial score (nSPS) is 18.6. The van der Waals surface area contributed by atoms with Gasteiger partial charge in [0.1, 0.15) is 0 Å². The number of aromatic nitrogens is 1. The van der Waals surface area contributed by atoms with Crippen LogP contribution in [-0.2, 0) is 33.2 Å². The Morgan fingerprint density at radius 1 is 1.23 bits per heavy atom. The Kier molecular flexibility index (Phi) is 4.90. The van der Waals surface area contributed by atoms with Gasteiger partial charge in [0.15, 0.2) is 9.84 Å². The molecular weight excluding hydrogens is 318 g/mol. The molecule has 22 heavy (non-hydrogen) atoms. The minimum Gasteiger partial charge on any atom is -0.380 e. The smallest absolute Gasteiger partial charge is 0.161 e. The van der Waals surface area contributed by atoms with Gasteiger partial charge in [-0.25, -0.2) is 13.4 Å². The quantitative estimate of drug-likeness (QED) is 0.813. The maximum atomic E-state index is 12.3. The molecule has 4 nitrogen and oxygen atoms in total. The molecule has 0 N–H and O–H groups in total. The summed E-state index contributed by atoms with van der Waals surface area (Å²) in [6.45, 7) is 0.872. The lowest BCUT2D eigenvalue weighted by Gasteiger charge is -2.07. The van der Waals surface area contributed by atoms with Gasteiger partial charge in [-0.05, 0) is 18.4 Å². The second-order valence-corrected chi connectivity index (χ2v) is 8.73. The van der Waals surface area contributed by atoms with Crippen LogP contribution in [0.1, 0.15) is 22.7 Å². The average Bonchev–Trinajstić information content (AvgIpc) is 3.17. The molecule has 0 aliphatic carbocycles. The molecule has 0 bridgehead atoms. The molecule has 1 saturated heterocycles. The van der Waals surface area contributed by atoms with E-state index in [1.165, 1.54) is 5.56 Å². The Hall–Kier alpha value is -1.24. The van der Waals surface area contributed by atoms with E-state index < -0.39 is 9.84 Å². The van der Waals surface area contributed by atoms with Crippen LogP contribution in [0.25, 0.3) is 0 Å². The number of nitrogens with zero attached hydrogens (tertiary/aromatic N) is 1. The molecule has 2 aromatic rings. The Labute approximate surface area is 135 Å². The highest BCUT2D eigenvalue weighted by atomic mass is 32.2. The van der Waals surface area contributed by atoms with Crippen LogP contribution < -0.4 is 0 Å². The van der Waals surface area contributed by atoms with Crippen molar-refractivity contribution in [3.63, 3.8) is 0 Å². The Morgan fingerprint density at radius 2 is 2.05 bits per heavy atom. The standard InChI is InChI=1S/C16H19NO3S2/c18-22(19,15-8-9-20-10-15)12-14-11-21-16(17-14)7-6-13-4-2-1-3-5-13/h1-5,11,15H,6-10,12H2. The molecule has 1 unspecified atom stereocenters. The van der Waals surface area contributed by atoms with Crippen molar-refractivity contribution in [3.05, 3.63) is 52.0 Å². The summed E-state index contributed by atoms with van der Waals surface area (Å²) < 4.78 is 29.7. The number of sulfone groups is 1. The molecule has 1 aliphatic heterocycles. The molecule has 0 saturated carbocycles. The summed E-state index contributed by atoms with van der Waals surface area (Å²) in [5.74, 6) is 0.0306. The molecular formula is C16H19NO3S2. The topological polar surface area (TPSA) is 56.3 Å². The van der Waals surface area contributed by atoms with Crippen LogP contribution >= 0.6 is 11.3 Å². The molecule has 6 heteroatoms. The van der Waals surface area contributed by atoms with Gasteiger partial charge >= 0.3 is 0 Å². The first-order valence-corrected chi connectivity index (χ1v) is 9.99. The SMILES string of the molecule is O=S(=O)(Cc1csc(CCc2ccccc2)n1)C1CCOC1. The third kappa shape index (κ3) is 3.94. The molecule has 0 spiro atoms. The Balaban J connectivity index is 1.59. The Morgan fingerprint density at radius 3 is 2.77 bits per heavy atom. The third-order valence-electron chi connectivity index (χ3n) is 3.81. The third-order valence-corrected chi connectivity index (χ3v) is 6.86. The first kappa shape index (κ1) is 15.6. The van der Waals surface area contributed by atoms with Gasteiger partial charge < -0.3 is 4.74 Å². The van der Waals surface area contributed by atoms with Crippen LogP contribution in [0, 0.1) is 0 Å². The number of ether oxygens (including phenoxy) is 1. The zero-order valence-electron chi connectivity index (χ0n) is 12.3. The fourth-order valence-electron chi connectivity index (χ4n) is 2.55. The predicted molar refractivity (Wildman–Crippen MR) is 87.8 cm³/mol. The highest BCUT2D eigenvalue weighted by molar-refractivity contribution is 7.91. The van der Waals surface area contributed by atoms with Gasteiger partial charge in [0.2, 0.25) is 0 Å². The van der Waals surface area contributed by atoms with Gasteiger partial charge in [-0.2, -0.15) is 0 Å². The van der Waals surface area contributed by atoms with Crippen LogP contribution in [0.3, 0.4) is 0 Å². The summed E-state index contributed by atoms with van der Waals surface area (Å²) in [6.07, 6.45) is 2.38. The number of hydrogen-bond donors (Lipinski definition) is 0. The summed E-state index contributed by atoms with van der Waals surface area (Å²) in [7, 11) is -3.15. The minimum absolute atomic E-state index is 0.0306. The van der Waals surface area contributed by atoms with Gasteiger partial charge in [0.25, 0.3) is 0 Å². The maximum Gasteiger partial charge on any atom is 0.161 e. The summed E-state index contributed by atoms with van der Waals surface area (Å²) in [4.78, 5) is 4.48. The summed E-state index contributed by atoms with van der Waals surface area (Å²) in [5, 5.41) is 2.51. The predicted octanol–water partition coefficient (Wildman–Crippen LogP) is 2.63. The fourth-order valence-corrected chi connectivity index (χ4v) is 5.00. The first-order chi connectivity index (χ1) is 10.6. The lowest BCUT2D eigenvalue weighted by Crippen LogP contribution is -2.23. The van der Waals surface area contributed by atoms with E-state index in [4.69, 9.17) is 4.74 Å². The van der Waals surface area contributed by atoms with Crippen molar-refractivity contribution in [2.24, 2.45) is 0 Å². The molecule has 1 aromatic carbocycles. The Bertz CT molecular complexity index is 704. The molecule has 1 aliphatic rings. The van der Waals surface area contributed by atoms with Gasteiger partial charge in [-0.3, -0.25) is 0 Å². The van der Waals surface area contributed by atoms with Crippen LogP contribution in [0.15, 0.2) is 35.7 Å².